The zero-order chi connectivity index (χ0) is 14.0. The van der Waals surface area contributed by atoms with Gasteiger partial charge in [-0.1, -0.05) is 13.8 Å². The van der Waals surface area contributed by atoms with Crippen molar-refractivity contribution in [3.8, 4) is 0 Å². The molecule has 2 amide bonds. The van der Waals surface area contributed by atoms with E-state index in [-0.39, 0.29) is 23.9 Å². The molecule has 0 bridgehead atoms. The Bertz CT molecular complexity index is 355. The summed E-state index contributed by atoms with van der Waals surface area (Å²) in [5.74, 6) is 1.88. The van der Waals surface area contributed by atoms with Crippen molar-refractivity contribution in [3.05, 3.63) is 0 Å². The number of nitrogens with zero attached hydrogens (tertiary/aromatic N) is 1. The third kappa shape index (κ3) is 3.44. The number of nitrogens with one attached hydrogen (secondary N) is 1. The number of carbonyl (C=O) groups excluding carboxylic acids is 2. The standard InChI is InChI=1S/C14H24N2O2S/c1-9(2)8-11-13(17)15-12(10-4-5-10)14(18)16(11)6-7-19-3/h9-12H,4-8H2,1-3H3,(H,15,17). The largest absolute Gasteiger partial charge is 0.342 e. The summed E-state index contributed by atoms with van der Waals surface area (Å²) in [6.45, 7) is 4.88. The van der Waals surface area contributed by atoms with E-state index in [4.69, 9.17) is 0 Å². The number of hydrogen-bond acceptors (Lipinski definition) is 3. The van der Waals surface area contributed by atoms with Gasteiger partial charge in [-0.15, -0.1) is 0 Å². The van der Waals surface area contributed by atoms with Crippen LogP contribution in [0.2, 0.25) is 0 Å². The van der Waals surface area contributed by atoms with Gasteiger partial charge in [0.05, 0.1) is 0 Å². The molecule has 2 fully saturated rings. The minimum absolute atomic E-state index is 0.0475. The van der Waals surface area contributed by atoms with Gasteiger partial charge in [0.1, 0.15) is 12.1 Å². The average molecular weight is 284 g/mol. The molecule has 0 aromatic rings. The van der Waals surface area contributed by atoms with Crippen molar-refractivity contribution in [1.82, 2.24) is 10.2 Å². The van der Waals surface area contributed by atoms with Gasteiger partial charge in [-0.3, -0.25) is 9.59 Å². The minimum atomic E-state index is -0.269. The number of thioether (sulfide) groups is 1. The first-order chi connectivity index (χ1) is 9.04. The van der Waals surface area contributed by atoms with Crippen molar-refractivity contribution in [1.29, 1.82) is 0 Å². The molecule has 108 valence electrons. The van der Waals surface area contributed by atoms with Gasteiger partial charge in [-0.25, -0.2) is 0 Å². The van der Waals surface area contributed by atoms with E-state index < -0.39 is 0 Å². The molecule has 0 aromatic carbocycles. The van der Waals surface area contributed by atoms with Crippen molar-refractivity contribution in [2.45, 2.75) is 45.2 Å². The van der Waals surface area contributed by atoms with Crippen molar-refractivity contribution in [3.63, 3.8) is 0 Å². The highest BCUT2D eigenvalue weighted by atomic mass is 32.2. The molecule has 19 heavy (non-hydrogen) atoms. The Morgan fingerprint density at radius 2 is 2.05 bits per heavy atom. The molecule has 1 N–H and O–H groups in total. The maximum absolute atomic E-state index is 12.6. The summed E-state index contributed by atoms with van der Waals surface area (Å²) in [7, 11) is 0. The Labute approximate surface area is 119 Å². The molecule has 1 aliphatic carbocycles. The molecule has 1 saturated heterocycles. The molecule has 5 heteroatoms. The second-order valence-corrected chi connectivity index (χ2v) is 6.98. The summed E-state index contributed by atoms with van der Waals surface area (Å²) in [5, 5.41) is 2.95. The van der Waals surface area contributed by atoms with Gasteiger partial charge in [0.25, 0.3) is 0 Å². The van der Waals surface area contributed by atoms with Crippen LogP contribution in [0.5, 0.6) is 0 Å². The van der Waals surface area contributed by atoms with E-state index in [0.29, 0.717) is 18.4 Å². The van der Waals surface area contributed by atoms with Gasteiger partial charge in [0.2, 0.25) is 11.8 Å². The maximum atomic E-state index is 12.6. The minimum Gasteiger partial charge on any atom is -0.342 e. The van der Waals surface area contributed by atoms with Crippen LogP contribution in [0.15, 0.2) is 0 Å². The molecule has 0 radical (unpaired) electrons. The molecular weight excluding hydrogens is 260 g/mol. The van der Waals surface area contributed by atoms with E-state index >= 15 is 0 Å². The van der Waals surface area contributed by atoms with E-state index in [9.17, 15) is 9.59 Å². The third-order valence-electron chi connectivity index (χ3n) is 3.85. The fourth-order valence-corrected chi connectivity index (χ4v) is 3.05. The summed E-state index contributed by atoms with van der Waals surface area (Å²) in [5.41, 5.74) is 0. The highest BCUT2D eigenvalue weighted by molar-refractivity contribution is 7.98. The van der Waals surface area contributed by atoms with Gasteiger partial charge >= 0.3 is 0 Å². The number of hydrogen-bond donors (Lipinski definition) is 1. The van der Waals surface area contributed by atoms with Gasteiger partial charge < -0.3 is 10.2 Å². The van der Waals surface area contributed by atoms with Crippen LogP contribution in [-0.4, -0.2) is 47.4 Å². The van der Waals surface area contributed by atoms with Crippen LogP contribution >= 0.6 is 11.8 Å². The van der Waals surface area contributed by atoms with E-state index in [1.54, 1.807) is 11.8 Å². The Morgan fingerprint density at radius 1 is 1.37 bits per heavy atom. The van der Waals surface area contributed by atoms with Gasteiger partial charge in [-0.2, -0.15) is 11.8 Å². The van der Waals surface area contributed by atoms with E-state index in [1.165, 1.54) is 0 Å². The first-order valence-electron chi connectivity index (χ1n) is 7.14. The molecular formula is C14H24N2O2S. The predicted octanol–water partition coefficient (Wildman–Crippen LogP) is 1.50. The van der Waals surface area contributed by atoms with Crippen LogP contribution in [0.3, 0.4) is 0 Å². The number of carbonyl (C=O) groups is 2. The van der Waals surface area contributed by atoms with Crippen LogP contribution in [0.25, 0.3) is 0 Å². The Kier molecular flexibility index (Phi) is 4.76. The van der Waals surface area contributed by atoms with E-state index in [2.05, 4.69) is 19.2 Å². The summed E-state index contributed by atoms with van der Waals surface area (Å²) < 4.78 is 0. The first kappa shape index (κ1) is 14.7. The zero-order valence-corrected chi connectivity index (χ0v) is 12.8. The third-order valence-corrected chi connectivity index (χ3v) is 4.44. The van der Waals surface area contributed by atoms with Gasteiger partial charge in [-0.05, 0) is 37.4 Å². The lowest BCUT2D eigenvalue weighted by Gasteiger charge is -2.39. The second-order valence-electron chi connectivity index (χ2n) is 5.99. The first-order valence-corrected chi connectivity index (χ1v) is 8.53. The van der Waals surface area contributed by atoms with Crippen molar-refractivity contribution < 1.29 is 9.59 Å². The van der Waals surface area contributed by atoms with Crippen LogP contribution in [0.1, 0.15) is 33.1 Å². The Morgan fingerprint density at radius 3 is 2.58 bits per heavy atom. The van der Waals surface area contributed by atoms with Gasteiger partial charge in [0, 0.05) is 12.3 Å². The van der Waals surface area contributed by atoms with Crippen LogP contribution in [0.4, 0.5) is 0 Å². The number of rotatable bonds is 6. The SMILES string of the molecule is CSCCN1C(=O)C(C2CC2)NC(=O)C1CC(C)C. The molecule has 0 aromatic heterocycles. The summed E-state index contributed by atoms with van der Waals surface area (Å²) in [4.78, 5) is 26.7. The fraction of sp³-hybridized carbons (Fsp3) is 0.857. The maximum Gasteiger partial charge on any atom is 0.246 e. The highest BCUT2D eigenvalue weighted by Crippen LogP contribution is 2.35. The Balaban J connectivity index is 2.11. The molecule has 1 heterocycles. The smallest absolute Gasteiger partial charge is 0.246 e. The summed E-state index contributed by atoms with van der Waals surface area (Å²) in [6, 6.07) is -0.521. The number of amides is 2. The lowest BCUT2D eigenvalue weighted by atomic mass is 9.96. The Hall–Kier alpha value is -0.710. The fourth-order valence-electron chi connectivity index (χ4n) is 2.67. The lowest BCUT2D eigenvalue weighted by molar-refractivity contribution is -0.150. The van der Waals surface area contributed by atoms with Crippen LogP contribution in [0, 0.1) is 11.8 Å². The van der Waals surface area contributed by atoms with Crippen molar-refractivity contribution >= 4 is 23.6 Å². The van der Waals surface area contributed by atoms with E-state index in [1.807, 2.05) is 11.2 Å². The van der Waals surface area contributed by atoms with E-state index in [0.717, 1.165) is 25.0 Å². The summed E-state index contributed by atoms with van der Waals surface area (Å²) >= 11 is 1.72. The molecule has 1 aliphatic heterocycles. The van der Waals surface area contributed by atoms with Crippen molar-refractivity contribution in [2.75, 3.05) is 18.6 Å². The topological polar surface area (TPSA) is 49.4 Å². The number of piperazine rings is 1. The van der Waals surface area contributed by atoms with Crippen molar-refractivity contribution in [2.24, 2.45) is 11.8 Å². The highest BCUT2D eigenvalue weighted by Gasteiger charge is 2.46. The zero-order valence-electron chi connectivity index (χ0n) is 12.0. The normalized spacial score (nSPS) is 27.9. The predicted molar refractivity (Wildman–Crippen MR) is 78.0 cm³/mol. The molecule has 1 saturated carbocycles. The lowest BCUT2D eigenvalue weighted by Crippen LogP contribution is -2.64. The molecule has 4 nitrogen and oxygen atoms in total. The molecule has 2 aliphatic rings. The molecule has 2 rings (SSSR count). The van der Waals surface area contributed by atoms with Crippen LogP contribution < -0.4 is 5.32 Å². The quantitative estimate of drug-likeness (QED) is 0.804. The average Bonchev–Trinajstić information content (AvgIpc) is 3.16. The molecule has 2 atom stereocenters. The van der Waals surface area contributed by atoms with Crippen LogP contribution in [-0.2, 0) is 9.59 Å². The van der Waals surface area contributed by atoms with Gasteiger partial charge in [0.15, 0.2) is 0 Å². The second kappa shape index (κ2) is 6.16. The molecule has 0 spiro atoms. The summed E-state index contributed by atoms with van der Waals surface area (Å²) in [6.07, 6.45) is 4.93. The monoisotopic (exact) mass is 284 g/mol. The molecule has 2 unspecified atom stereocenters.